The Balaban J connectivity index is 2.56. The second-order valence-electron chi connectivity index (χ2n) is 4.15. The molecular weight excluding hydrogens is 310 g/mol. The molecule has 2 aromatic rings. The summed E-state index contributed by atoms with van der Waals surface area (Å²) in [5.41, 5.74) is 0.258. The maximum absolute atomic E-state index is 11.3. The molecule has 1 unspecified atom stereocenters. The number of aliphatic hydroxyl groups excluding tert-OH is 1. The third-order valence-electron chi connectivity index (χ3n) is 2.72. The highest BCUT2D eigenvalue weighted by molar-refractivity contribution is 7.70. The van der Waals surface area contributed by atoms with Gasteiger partial charge in [-0.2, -0.15) is 0 Å². The summed E-state index contributed by atoms with van der Waals surface area (Å²) in [6.07, 6.45) is 0.504. The molecule has 0 aliphatic rings. The number of hydrogen-bond donors (Lipinski definition) is 5. The Bertz CT molecular complexity index is 696. The van der Waals surface area contributed by atoms with Gasteiger partial charge in [-0.3, -0.25) is 9.13 Å². The lowest BCUT2D eigenvalue weighted by Gasteiger charge is -2.24. The smallest absolute Gasteiger partial charge is 0.343 e. The van der Waals surface area contributed by atoms with Crippen LogP contribution in [0.2, 0.25) is 0 Å². The van der Waals surface area contributed by atoms with Crippen LogP contribution in [0.25, 0.3) is 5.65 Å². The molecule has 0 saturated carbocycles. The van der Waals surface area contributed by atoms with Gasteiger partial charge in [0.05, 0.1) is 11.9 Å². The van der Waals surface area contributed by atoms with Crippen LogP contribution in [0.3, 0.4) is 0 Å². The van der Waals surface area contributed by atoms with Crippen LogP contribution >= 0.6 is 15.2 Å². The van der Waals surface area contributed by atoms with E-state index in [1.54, 1.807) is 18.2 Å². The van der Waals surface area contributed by atoms with E-state index in [2.05, 4.69) is 4.98 Å². The van der Waals surface area contributed by atoms with Crippen molar-refractivity contribution in [2.45, 2.75) is 11.5 Å². The number of imidazole rings is 1. The standard InChI is InChI=1S/C9H12N2O7P2/c12-8(9(19(13,14)15)20(16,17)18)6-5-10-7-3-1-2-4-11(6)7/h1-5,8-9,12H,(H2,13,14,15)(H2,16,17,18). The first kappa shape index (κ1) is 15.3. The molecule has 5 N–H and O–H groups in total. The lowest BCUT2D eigenvalue weighted by molar-refractivity contribution is 0.164. The second-order valence-corrected chi connectivity index (χ2v) is 8.02. The van der Waals surface area contributed by atoms with Crippen molar-refractivity contribution in [1.82, 2.24) is 9.38 Å². The van der Waals surface area contributed by atoms with E-state index < -0.39 is 26.7 Å². The minimum atomic E-state index is -5.23. The SMILES string of the molecule is O=P(O)(O)C(C(O)c1cnc2ccccn12)P(=O)(O)O. The van der Waals surface area contributed by atoms with Gasteiger partial charge in [-0.15, -0.1) is 0 Å². The second kappa shape index (κ2) is 5.05. The molecule has 0 fully saturated rings. The number of rotatable bonds is 4. The monoisotopic (exact) mass is 322 g/mol. The zero-order chi connectivity index (χ0) is 15.1. The van der Waals surface area contributed by atoms with E-state index in [0.29, 0.717) is 5.65 Å². The quantitative estimate of drug-likeness (QED) is 0.495. The molecular formula is C9H12N2O7P2. The third kappa shape index (κ3) is 2.84. The van der Waals surface area contributed by atoms with Gasteiger partial charge in [-0.05, 0) is 12.1 Å². The van der Waals surface area contributed by atoms with Gasteiger partial charge in [-0.25, -0.2) is 4.98 Å². The minimum Gasteiger partial charge on any atom is -0.385 e. The molecule has 0 aliphatic heterocycles. The molecule has 0 amide bonds. The number of hydrogen-bond acceptors (Lipinski definition) is 4. The summed E-state index contributed by atoms with van der Waals surface area (Å²) < 4.78 is 23.8. The van der Waals surface area contributed by atoms with Gasteiger partial charge in [0.15, 0.2) is 5.40 Å². The molecule has 0 radical (unpaired) electrons. The molecule has 0 aromatic carbocycles. The van der Waals surface area contributed by atoms with E-state index >= 15 is 0 Å². The number of nitrogens with zero attached hydrogens (tertiary/aromatic N) is 2. The Morgan fingerprint density at radius 2 is 1.70 bits per heavy atom. The van der Waals surface area contributed by atoms with Gasteiger partial charge in [0.25, 0.3) is 0 Å². The van der Waals surface area contributed by atoms with Crippen molar-refractivity contribution in [3.63, 3.8) is 0 Å². The molecule has 9 nitrogen and oxygen atoms in total. The fourth-order valence-corrected chi connectivity index (χ4v) is 4.50. The lowest BCUT2D eigenvalue weighted by Crippen LogP contribution is -2.20. The molecule has 110 valence electrons. The molecule has 0 aliphatic carbocycles. The summed E-state index contributed by atoms with van der Waals surface area (Å²) in [6, 6.07) is 4.80. The van der Waals surface area contributed by atoms with Crippen LogP contribution in [-0.4, -0.2) is 39.5 Å². The number of fused-ring (bicyclic) bond motifs is 1. The molecule has 2 rings (SSSR count). The largest absolute Gasteiger partial charge is 0.385 e. The van der Waals surface area contributed by atoms with Crippen LogP contribution in [0.1, 0.15) is 11.8 Å². The van der Waals surface area contributed by atoms with Gasteiger partial charge < -0.3 is 29.1 Å². The number of pyridine rings is 1. The van der Waals surface area contributed by atoms with Crippen LogP contribution in [0, 0.1) is 0 Å². The van der Waals surface area contributed by atoms with Crippen LogP contribution < -0.4 is 0 Å². The summed E-state index contributed by atoms with van der Waals surface area (Å²) in [5.74, 6) is 0. The Kier molecular flexibility index (Phi) is 3.88. The predicted molar refractivity (Wildman–Crippen MR) is 68.0 cm³/mol. The Morgan fingerprint density at radius 3 is 2.25 bits per heavy atom. The van der Waals surface area contributed by atoms with Crippen molar-refractivity contribution in [3.8, 4) is 0 Å². The normalized spacial score (nSPS) is 14.9. The molecule has 2 heterocycles. The zero-order valence-corrected chi connectivity index (χ0v) is 11.7. The summed E-state index contributed by atoms with van der Waals surface area (Å²) in [6.45, 7) is 0. The first-order chi connectivity index (χ1) is 9.12. The van der Waals surface area contributed by atoms with Gasteiger partial charge >= 0.3 is 15.2 Å². The van der Waals surface area contributed by atoms with Crippen molar-refractivity contribution < 1.29 is 33.8 Å². The van der Waals surface area contributed by atoms with Crippen molar-refractivity contribution in [1.29, 1.82) is 0 Å². The summed E-state index contributed by atoms with van der Waals surface area (Å²) in [7, 11) is -10.5. The van der Waals surface area contributed by atoms with E-state index in [1.165, 1.54) is 10.6 Å². The van der Waals surface area contributed by atoms with E-state index in [9.17, 15) is 14.2 Å². The lowest BCUT2D eigenvalue weighted by atomic mass is 10.3. The highest BCUT2D eigenvalue weighted by Crippen LogP contribution is 2.64. The molecule has 20 heavy (non-hydrogen) atoms. The average molecular weight is 322 g/mol. The summed E-state index contributed by atoms with van der Waals surface area (Å²) in [4.78, 5) is 40.2. The van der Waals surface area contributed by atoms with Crippen molar-refractivity contribution in [2.75, 3.05) is 0 Å². The Morgan fingerprint density at radius 1 is 1.10 bits per heavy atom. The first-order valence-electron chi connectivity index (χ1n) is 5.33. The van der Waals surface area contributed by atoms with Crippen LogP contribution in [-0.2, 0) is 9.13 Å². The van der Waals surface area contributed by atoms with Crippen LogP contribution in [0.4, 0.5) is 0 Å². The fourth-order valence-electron chi connectivity index (χ4n) is 1.89. The molecule has 0 bridgehead atoms. The van der Waals surface area contributed by atoms with Crippen LogP contribution in [0.5, 0.6) is 0 Å². The van der Waals surface area contributed by atoms with E-state index in [-0.39, 0.29) is 5.69 Å². The fraction of sp³-hybridized carbons (Fsp3) is 0.222. The Hall–Kier alpha value is -1.05. The Labute approximate surface area is 112 Å². The molecule has 0 saturated heterocycles. The van der Waals surface area contributed by atoms with E-state index in [1.807, 2.05) is 0 Å². The highest BCUT2D eigenvalue weighted by atomic mass is 31.2. The van der Waals surface area contributed by atoms with Crippen molar-refractivity contribution >= 4 is 20.8 Å². The highest BCUT2D eigenvalue weighted by Gasteiger charge is 2.49. The molecule has 11 heteroatoms. The maximum Gasteiger partial charge on any atom is 0.343 e. The number of aromatic nitrogens is 2. The van der Waals surface area contributed by atoms with Gasteiger partial charge in [-0.1, -0.05) is 6.07 Å². The van der Waals surface area contributed by atoms with Gasteiger partial charge in [0, 0.05) is 6.20 Å². The van der Waals surface area contributed by atoms with E-state index in [0.717, 1.165) is 6.20 Å². The average Bonchev–Trinajstić information content (AvgIpc) is 2.68. The van der Waals surface area contributed by atoms with Crippen LogP contribution in [0.15, 0.2) is 30.6 Å². The van der Waals surface area contributed by atoms with Crippen molar-refractivity contribution in [2.24, 2.45) is 0 Å². The van der Waals surface area contributed by atoms with Gasteiger partial charge in [0.1, 0.15) is 11.8 Å². The topological polar surface area (TPSA) is 153 Å². The van der Waals surface area contributed by atoms with Crippen molar-refractivity contribution in [3.05, 3.63) is 36.3 Å². The minimum absolute atomic E-state index is 0.114. The molecule has 2 aromatic heterocycles. The van der Waals surface area contributed by atoms with E-state index in [4.69, 9.17) is 19.6 Å². The maximum atomic E-state index is 11.3. The third-order valence-corrected chi connectivity index (χ3v) is 6.47. The predicted octanol–water partition coefficient (Wildman–Crippen LogP) is 0.0492. The first-order valence-corrected chi connectivity index (χ1v) is 8.69. The molecule has 1 atom stereocenters. The number of aliphatic hydroxyl groups is 1. The zero-order valence-electron chi connectivity index (χ0n) is 9.88. The summed E-state index contributed by atoms with van der Waals surface area (Å²) >= 11 is 0. The molecule has 0 spiro atoms. The van der Waals surface area contributed by atoms with Gasteiger partial charge in [0.2, 0.25) is 0 Å². The summed E-state index contributed by atoms with van der Waals surface area (Å²) in [5, 5.41) is 7.46.